The van der Waals surface area contributed by atoms with Crippen LogP contribution in [-0.2, 0) is 0 Å². The van der Waals surface area contributed by atoms with Crippen molar-refractivity contribution in [1.82, 2.24) is 20.2 Å². The van der Waals surface area contributed by atoms with E-state index in [4.69, 9.17) is 0 Å². The number of rotatable bonds is 6. The van der Waals surface area contributed by atoms with Gasteiger partial charge in [-0.25, -0.2) is 9.97 Å². The summed E-state index contributed by atoms with van der Waals surface area (Å²) >= 11 is 0. The van der Waals surface area contributed by atoms with Crippen LogP contribution in [0.4, 0.5) is 5.95 Å². The van der Waals surface area contributed by atoms with E-state index in [9.17, 15) is 0 Å². The van der Waals surface area contributed by atoms with Crippen LogP contribution in [0.5, 0.6) is 0 Å². The molecule has 1 aromatic heterocycles. The SMILES string of the molecule is CC(C)NCCC(C)N1CCN(c2ncccn2)CC1. The summed E-state index contributed by atoms with van der Waals surface area (Å²) in [5.41, 5.74) is 0. The van der Waals surface area contributed by atoms with Crippen LogP contribution in [0, 0.1) is 0 Å². The number of anilines is 1. The predicted octanol–water partition coefficient (Wildman–Crippen LogP) is 1.38. The maximum Gasteiger partial charge on any atom is 0.225 e. The van der Waals surface area contributed by atoms with Gasteiger partial charge in [0.05, 0.1) is 0 Å². The molecule has 1 aliphatic rings. The third-order valence-corrected chi connectivity index (χ3v) is 3.89. The van der Waals surface area contributed by atoms with Crippen LogP contribution in [0.25, 0.3) is 0 Å². The van der Waals surface area contributed by atoms with Crippen molar-refractivity contribution in [2.75, 3.05) is 37.6 Å². The third-order valence-electron chi connectivity index (χ3n) is 3.89. The second kappa shape index (κ2) is 7.55. The molecule has 0 amide bonds. The summed E-state index contributed by atoms with van der Waals surface area (Å²) in [7, 11) is 0. The van der Waals surface area contributed by atoms with Gasteiger partial charge in [-0.2, -0.15) is 0 Å². The average molecular weight is 277 g/mol. The summed E-state index contributed by atoms with van der Waals surface area (Å²) in [5, 5.41) is 3.49. The lowest BCUT2D eigenvalue weighted by atomic mass is 10.1. The molecule has 112 valence electrons. The molecule has 5 heteroatoms. The van der Waals surface area contributed by atoms with Crippen molar-refractivity contribution in [3.05, 3.63) is 18.5 Å². The molecule has 0 spiro atoms. The van der Waals surface area contributed by atoms with Gasteiger partial charge in [-0.3, -0.25) is 4.90 Å². The van der Waals surface area contributed by atoms with Crippen LogP contribution >= 0.6 is 0 Å². The summed E-state index contributed by atoms with van der Waals surface area (Å²) in [6, 6.07) is 3.08. The Labute approximate surface area is 122 Å². The fourth-order valence-electron chi connectivity index (χ4n) is 2.58. The lowest BCUT2D eigenvalue weighted by Crippen LogP contribution is -2.50. The Morgan fingerprint density at radius 3 is 2.35 bits per heavy atom. The van der Waals surface area contributed by atoms with Crippen molar-refractivity contribution in [3.63, 3.8) is 0 Å². The van der Waals surface area contributed by atoms with Crippen molar-refractivity contribution in [3.8, 4) is 0 Å². The summed E-state index contributed by atoms with van der Waals surface area (Å²) < 4.78 is 0. The molecular formula is C15H27N5. The fraction of sp³-hybridized carbons (Fsp3) is 0.733. The molecule has 1 aromatic rings. The topological polar surface area (TPSA) is 44.3 Å². The number of nitrogens with zero attached hydrogens (tertiary/aromatic N) is 4. The Hall–Kier alpha value is -1.20. The molecule has 1 atom stereocenters. The molecule has 0 radical (unpaired) electrons. The van der Waals surface area contributed by atoms with Crippen molar-refractivity contribution in [2.24, 2.45) is 0 Å². The number of nitrogens with one attached hydrogen (secondary N) is 1. The Morgan fingerprint density at radius 2 is 1.75 bits per heavy atom. The first-order valence-corrected chi connectivity index (χ1v) is 7.66. The quantitative estimate of drug-likeness (QED) is 0.851. The number of hydrogen-bond donors (Lipinski definition) is 1. The maximum atomic E-state index is 4.33. The first kappa shape index (κ1) is 15.2. The molecule has 0 aromatic carbocycles. The molecule has 1 fully saturated rings. The van der Waals surface area contributed by atoms with Crippen molar-refractivity contribution >= 4 is 5.95 Å². The first-order valence-electron chi connectivity index (χ1n) is 7.66. The van der Waals surface area contributed by atoms with Gasteiger partial charge < -0.3 is 10.2 Å². The average Bonchev–Trinajstić information content (AvgIpc) is 2.48. The molecule has 0 bridgehead atoms. The highest BCUT2D eigenvalue weighted by Gasteiger charge is 2.21. The van der Waals surface area contributed by atoms with E-state index in [1.165, 1.54) is 6.42 Å². The summed E-state index contributed by atoms with van der Waals surface area (Å²) in [6.45, 7) is 12.1. The second-order valence-electron chi connectivity index (χ2n) is 5.82. The van der Waals surface area contributed by atoms with Crippen LogP contribution < -0.4 is 10.2 Å². The van der Waals surface area contributed by atoms with Gasteiger partial charge in [-0.1, -0.05) is 13.8 Å². The summed E-state index contributed by atoms with van der Waals surface area (Å²) in [5.74, 6) is 0.862. The van der Waals surface area contributed by atoms with Crippen molar-refractivity contribution < 1.29 is 0 Å². The molecule has 1 aliphatic heterocycles. The highest BCUT2D eigenvalue weighted by Crippen LogP contribution is 2.12. The van der Waals surface area contributed by atoms with Crippen LogP contribution in [0.2, 0.25) is 0 Å². The van der Waals surface area contributed by atoms with Gasteiger partial charge in [0.2, 0.25) is 5.95 Å². The zero-order valence-corrected chi connectivity index (χ0v) is 12.9. The van der Waals surface area contributed by atoms with E-state index in [2.05, 4.69) is 45.9 Å². The molecule has 5 nitrogen and oxygen atoms in total. The zero-order valence-electron chi connectivity index (χ0n) is 12.9. The van der Waals surface area contributed by atoms with Gasteiger partial charge in [0, 0.05) is 50.7 Å². The van der Waals surface area contributed by atoms with Crippen molar-refractivity contribution in [2.45, 2.75) is 39.3 Å². The van der Waals surface area contributed by atoms with E-state index >= 15 is 0 Å². The van der Waals surface area contributed by atoms with E-state index in [0.717, 1.165) is 38.7 Å². The van der Waals surface area contributed by atoms with Gasteiger partial charge in [0.25, 0.3) is 0 Å². The molecular weight excluding hydrogens is 250 g/mol. The largest absolute Gasteiger partial charge is 0.338 e. The number of aromatic nitrogens is 2. The molecule has 20 heavy (non-hydrogen) atoms. The number of piperazine rings is 1. The highest BCUT2D eigenvalue weighted by molar-refractivity contribution is 5.29. The lowest BCUT2D eigenvalue weighted by Gasteiger charge is -2.38. The highest BCUT2D eigenvalue weighted by atomic mass is 15.3. The Morgan fingerprint density at radius 1 is 1.10 bits per heavy atom. The maximum absolute atomic E-state index is 4.33. The van der Waals surface area contributed by atoms with Crippen molar-refractivity contribution in [1.29, 1.82) is 0 Å². The van der Waals surface area contributed by atoms with Crippen LogP contribution in [0.3, 0.4) is 0 Å². The fourth-order valence-corrected chi connectivity index (χ4v) is 2.58. The molecule has 1 N–H and O–H groups in total. The van der Waals surface area contributed by atoms with Crippen LogP contribution in [0.1, 0.15) is 27.2 Å². The molecule has 0 saturated carbocycles. The van der Waals surface area contributed by atoms with E-state index in [1.807, 2.05) is 18.5 Å². The Kier molecular flexibility index (Phi) is 5.73. The molecule has 0 aliphatic carbocycles. The summed E-state index contributed by atoms with van der Waals surface area (Å²) in [4.78, 5) is 13.5. The monoisotopic (exact) mass is 277 g/mol. The van der Waals surface area contributed by atoms with E-state index in [-0.39, 0.29) is 0 Å². The van der Waals surface area contributed by atoms with Gasteiger partial charge >= 0.3 is 0 Å². The minimum Gasteiger partial charge on any atom is -0.338 e. The third kappa shape index (κ3) is 4.42. The Balaban J connectivity index is 1.73. The normalized spacial score (nSPS) is 18.5. The van der Waals surface area contributed by atoms with E-state index < -0.39 is 0 Å². The zero-order chi connectivity index (χ0) is 14.4. The number of hydrogen-bond acceptors (Lipinski definition) is 5. The molecule has 2 rings (SSSR count). The summed E-state index contributed by atoms with van der Waals surface area (Å²) in [6.07, 6.45) is 4.84. The van der Waals surface area contributed by atoms with E-state index in [0.29, 0.717) is 12.1 Å². The minimum absolute atomic E-state index is 0.578. The Bertz CT molecular complexity index is 373. The molecule has 1 saturated heterocycles. The first-order chi connectivity index (χ1) is 9.66. The van der Waals surface area contributed by atoms with Gasteiger partial charge in [-0.15, -0.1) is 0 Å². The van der Waals surface area contributed by atoms with Crippen LogP contribution in [-0.4, -0.2) is 59.7 Å². The second-order valence-corrected chi connectivity index (χ2v) is 5.82. The molecule has 1 unspecified atom stereocenters. The van der Waals surface area contributed by atoms with Gasteiger partial charge in [0.1, 0.15) is 0 Å². The lowest BCUT2D eigenvalue weighted by molar-refractivity contribution is 0.186. The van der Waals surface area contributed by atoms with Crippen LogP contribution in [0.15, 0.2) is 18.5 Å². The smallest absolute Gasteiger partial charge is 0.225 e. The predicted molar refractivity (Wildman–Crippen MR) is 83.0 cm³/mol. The standard InChI is InChI=1S/C15H27N5/c1-13(2)16-8-5-14(3)19-9-11-20(12-10-19)15-17-6-4-7-18-15/h4,6-7,13-14,16H,5,8-12H2,1-3H3. The van der Waals surface area contributed by atoms with E-state index in [1.54, 1.807) is 0 Å². The minimum atomic E-state index is 0.578. The molecule has 2 heterocycles. The van der Waals surface area contributed by atoms with Gasteiger partial charge in [0.15, 0.2) is 0 Å². The van der Waals surface area contributed by atoms with Gasteiger partial charge in [-0.05, 0) is 26.0 Å².